The number of alkyl carbamates (subject to hydrolysis) is 1. The molecule has 6 heteroatoms. The molecule has 6 nitrogen and oxygen atoms in total. The summed E-state index contributed by atoms with van der Waals surface area (Å²) in [6.07, 6.45) is 1.62. The summed E-state index contributed by atoms with van der Waals surface area (Å²) in [6, 6.07) is 10.3. The molecule has 1 aliphatic rings. The number of carbonyl (C=O) groups is 2. The highest BCUT2D eigenvalue weighted by molar-refractivity contribution is 5.70. The average molecular weight is 376 g/mol. The van der Waals surface area contributed by atoms with Gasteiger partial charge in [-0.25, -0.2) is 4.79 Å². The van der Waals surface area contributed by atoms with E-state index < -0.39 is 11.7 Å². The SMILES string of the molecule is CCOC(=O)CC1CCC(NC(=O)OC(C)(C)C)CN1Cc1ccccc1. The van der Waals surface area contributed by atoms with Crippen LogP contribution in [0.1, 0.15) is 52.5 Å². The Morgan fingerprint density at radius 3 is 2.52 bits per heavy atom. The Labute approximate surface area is 162 Å². The Morgan fingerprint density at radius 1 is 1.19 bits per heavy atom. The van der Waals surface area contributed by atoms with E-state index in [0.29, 0.717) is 19.6 Å². The molecule has 1 N–H and O–H groups in total. The van der Waals surface area contributed by atoms with E-state index in [1.807, 2.05) is 45.9 Å². The van der Waals surface area contributed by atoms with E-state index >= 15 is 0 Å². The van der Waals surface area contributed by atoms with Crippen LogP contribution in [0.5, 0.6) is 0 Å². The molecule has 27 heavy (non-hydrogen) atoms. The Balaban J connectivity index is 2.01. The van der Waals surface area contributed by atoms with Crippen molar-refractivity contribution in [3.63, 3.8) is 0 Å². The van der Waals surface area contributed by atoms with Gasteiger partial charge < -0.3 is 14.8 Å². The second-order valence-electron chi connectivity index (χ2n) is 8.00. The molecule has 2 unspecified atom stereocenters. The number of esters is 1. The van der Waals surface area contributed by atoms with E-state index in [4.69, 9.17) is 9.47 Å². The first kappa shape index (κ1) is 21.2. The Kier molecular flexibility index (Phi) is 7.66. The predicted octanol–water partition coefficient (Wildman–Crippen LogP) is 3.50. The van der Waals surface area contributed by atoms with Crippen LogP contribution >= 0.6 is 0 Å². The second kappa shape index (κ2) is 9.74. The molecule has 0 aromatic heterocycles. The number of likely N-dealkylation sites (tertiary alicyclic amines) is 1. The Hall–Kier alpha value is -2.08. The lowest BCUT2D eigenvalue weighted by molar-refractivity contribution is -0.145. The van der Waals surface area contributed by atoms with E-state index in [1.165, 1.54) is 5.56 Å². The monoisotopic (exact) mass is 376 g/mol. The largest absolute Gasteiger partial charge is 0.466 e. The third-order valence-electron chi connectivity index (χ3n) is 4.48. The zero-order valence-corrected chi connectivity index (χ0v) is 16.9. The fourth-order valence-corrected chi connectivity index (χ4v) is 3.35. The maximum absolute atomic E-state index is 12.1. The molecule has 1 fully saturated rings. The summed E-state index contributed by atoms with van der Waals surface area (Å²) in [5.74, 6) is -0.167. The molecule has 0 saturated carbocycles. The highest BCUT2D eigenvalue weighted by Crippen LogP contribution is 2.23. The number of nitrogens with zero attached hydrogens (tertiary/aromatic N) is 1. The molecule has 2 atom stereocenters. The van der Waals surface area contributed by atoms with Crippen molar-refractivity contribution in [3.05, 3.63) is 35.9 Å². The van der Waals surface area contributed by atoms with Gasteiger partial charge in [0.15, 0.2) is 0 Å². The molecule has 0 bridgehead atoms. The van der Waals surface area contributed by atoms with Gasteiger partial charge in [-0.3, -0.25) is 9.69 Å². The van der Waals surface area contributed by atoms with E-state index in [9.17, 15) is 9.59 Å². The molecule has 1 aromatic rings. The normalized spacial score (nSPS) is 20.7. The van der Waals surface area contributed by atoms with Crippen molar-refractivity contribution in [1.82, 2.24) is 10.2 Å². The molecule has 1 amide bonds. The number of amides is 1. The van der Waals surface area contributed by atoms with Crippen molar-refractivity contribution in [2.75, 3.05) is 13.2 Å². The number of nitrogens with one attached hydrogen (secondary N) is 1. The van der Waals surface area contributed by atoms with Crippen LogP contribution in [0.15, 0.2) is 30.3 Å². The van der Waals surface area contributed by atoms with Crippen molar-refractivity contribution in [2.24, 2.45) is 0 Å². The quantitative estimate of drug-likeness (QED) is 0.770. The van der Waals surface area contributed by atoms with Crippen LogP contribution < -0.4 is 5.32 Å². The van der Waals surface area contributed by atoms with Gasteiger partial charge in [-0.1, -0.05) is 30.3 Å². The van der Waals surface area contributed by atoms with Crippen LogP contribution in [0.2, 0.25) is 0 Å². The lowest BCUT2D eigenvalue weighted by Crippen LogP contribution is -2.52. The van der Waals surface area contributed by atoms with E-state index in [2.05, 4.69) is 22.3 Å². The van der Waals surface area contributed by atoms with Gasteiger partial charge in [0.2, 0.25) is 0 Å². The number of ether oxygens (including phenoxy) is 2. The molecule has 0 aliphatic carbocycles. The zero-order chi connectivity index (χ0) is 19.9. The summed E-state index contributed by atoms with van der Waals surface area (Å²) in [6.45, 7) is 9.18. The van der Waals surface area contributed by atoms with Gasteiger partial charge in [-0.15, -0.1) is 0 Å². The van der Waals surface area contributed by atoms with E-state index in [-0.39, 0.29) is 18.1 Å². The van der Waals surface area contributed by atoms with Crippen LogP contribution in [-0.4, -0.2) is 47.8 Å². The third kappa shape index (κ3) is 7.59. The second-order valence-corrected chi connectivity index (χ2v) is 8.00. The molecular weight excluding hydrogens is 344 g/mol. The molecule has 150 valence electrons. The standard InChI is InChI=1S/C21H32N2O4/c1-5-26-19(24)13-18-12-11-17(22-20(25)27-21(2,3)4)15-23(18)14-16-9-7-6-8-10-16/h6-10,17-18H,5,11-15H2,1-4H3,(H,22,25). The summed E-state index contributed by atoms with van der Waals surface area (Å²) in [5, 5.41) is 2.97. The minimum atomic E-state index is -0.519. The van der Waals surface area contributed by atoms with Gasteiger partial charge in [-0.2, -0.15) is 0 Å². The Bertz CT molecular complexity index is 612. The number of benzene rings is 1. The maximum atomic E-state index is 12.1. The maximum Gasteiger partial charge on any atom is 0.407 e. The van der Waals surface area contributed by atoms with Crippen LogP contribution in [0.25, 0.3) is 0 Å². The first-order valence-corrected chi connectivity index (χ1v) is 9.70. The van der Waals surface area contributed by atoms with Crippen LogP contribution in [0, 0.1) is 0 Å². The fraction of sp³-hybridized carbons (Fsp3) is 0.619. The first-order chi connectivity index (χ1) is 12.8. The van der Waals surface area contributed by atoms with Gasteiger partial charge in [0, 0.05) is 25.2 Å². The van der Waals surface area contributed by atoms with Gasteiger partial charge in [0.1, 0.15) is 5.60 Å². The van der Waals surface area contributed by atoms with Gasteiger partial charge in [-0.05, 0) is 46.1 Å². The first-order valence-electron chi connectivity index (χ1n) is 9.70. The molecule has 1 aliphatic heterocycles. The minimum absolute atomic E-state index is 0.00186. The van der Waals surface area contributed by atoms with Crippen molar-refractivity contribution in [2.45, 2.75) is 71.2 Å². The summed E-state index contributed by atoms with van der Waals surface area (Å²) in [5.41, 5.74) is 0.666. The zero-order valence-electron chi connectivity index (χ0n) is 16.9. The van der Waals surface area contributed by atoms with Crippen molar-refractivity contribution >= 4 is 12.1 Å². The molecule has 2 rings (SSSR count). The van der Waals surface area contributed by atoms with Gasteiger partial charge >= 0.3 is 12.1 Å². The summed E-state index contributed by atoms with van der Waals surface area (Å²) < 4.78 is 10.5. The molecule has 1 aromatic carbocycles. The van der Waals surface area contributed by atoms with Crippen molar-refractivity contribution in [3.8, 4) is 0 Å². The number of piperidine rings is 1. The van der Waals surface area contributed by atoms with Gasteiger partial charge in [0.25, 0.3) is 0 Å². The van der Waals surface area contributed by atoms with Crippen LogP contribution in [-0.2, 0) is 20.8 Å². The summed E-state index contributed by atoms with van der Waals surface area (Å²) >= 11 is 0. The topological polar surface area (TPSA) is 67.9 Å². The lowest BCUT2D eigenvalue weighted by atomic mass is 9.95. The highest BCUT2D eigenvalue weighted by atomic mass is 16.6. The molecule has 0 radical (unpaired) electrons. The number of hydrogen-bond donors (Lipinski definition) is 1. The smallest absolute Gasteiger partial charge is 0.407 e. The van der Waals surface area contributed by atoms with Gasteiger partial charge in [0.05, 0.1) is 13.0 Å². The van der Waals surface area contributed by atoms with E-state index in [0.717, 1.165) is 19.4 Å². The fourth-order valence-electron chi connectivity index (χ4n) is 3.35. The molecule has 0 spiro atoms. The predicted molar refractivity (Wildman–Crippen MR) is 104 cm³/mol. The molecular formula is C21H32N2O4. The molecule has 1 heterocycles. The van der Waals surface area contributed by atoms with Crippen LogP contribution in [0.4, 0.5) is 4.79 Å². The molecule has 1 saturated heterocycles. The number of rotatable bonds is 6. The third-order valence-corrected chi connectivity index (χ3v) is 4.48. The van der Waals surface area contributed by atoms with E-state index in [1.54, 1.807) is 0 Å². The van der Waals surface area contributed by atoms with Crippen molar-refractivity contribution in [1.29, 1.82) is 0 Å². The number of carbonyl (C=O) groups excluding carboxylic acids is 2. The minimum Gasteiger partial charge on any atom is -0.466 e. The summed E-state index contributed by atoms with van der Waals surface area (Å²) in [7, 11) is 0. The highest BCUT2D eigenvalue weighted by Gasteiger charge is 2.31. The average Bonchev–Trinajstić information content (AvgIpc) is 2.56. The van der Waals surface area contributed by atoms with Crippen LogP contribution in [0.3, 0.4) is 0 Å². The summed E-state index contributed by atoms with van der Waals surface area (Å²) in [4.78, 5) is 26.4. The number of hydrogen-bond acceptors (Lipinski definition) is 5. The Morgan fingerprint density at radius 2 is 1.89 bits per heavy atom. The lowest BCUT2D eigenvalue weighted by Gasteiger charge is -2.39. The van der Waals surface area contributed by atoms with Crippen molar-refractivity contribution < 1.29 is 19.1 Å².